The first kappa shape index (κ1) is 21.3. The van der Waals surface area contributed by atoms with Crippen molar-refractivity contribution in [3.05, 3.63) is 29.3 Å². The van der Waals surface area contributed by atoms with E-state index in [4.69, 9.17) is 21.1 Å². The summed E-state index contributed by atoms with van der Waals surface area (Å²) in [5.74, 6) is 2.27. The molecule has 7 heteroatoms. The van der Waals surface area contributed by atoms with Crippen LogP contribution in [-0.4, -0.2) is 57.4 Å². The van der Waals surface area contributed by atoms with Gasteiger partial charge >= 0.3 is 0 Å². The summed E-state index contributed by atoms with van der Waals surface area (Å²) in [5.41, 5.74) is 0. The summed E-state index contributed by atoms with van der Waals surface area (Å²) in [6.07, 6.45) is 1.13. The molecule has 1 N–H and O–H groups in total. The Morgan fingerprint density at radius 2 is 2.33 bits per heavy atom. The van der Waals surface area contributed by atoms with E-state index >= 15 is 0 Å². The van der Waals surface area contributed by atoms with Crippen LogP contribution in [0.4, 0.5) is 0 Å². The highest BCUT2D eigenvalue weighted by molar-refractivity contribution is 14.0. The Morgan fingerprint density at radius 1 is 1.50 bits per heavy atom. The second-order valence-corrected chi connectivity index (χ2v) is 6.09. The largest absolute Gasteiger partial charge is 0.492 e. The minimum atomic E-state index is 0. The number of nitrogens with one attached hydrogen (secondary N) is 1. The molecule has 1 aromatic rings. The third-order valence-electron chi connectivity index (χ3n) is 3.67. The van der Waals surface area contributed by atoms with Crippen molar-refractivity contribution in [1.82, 2.24) is 10.2 Å². The van der Waals surface area contributed by atoms with Crippen LogP contribution in [0.3, 0.4) is 0 Å². The van der Waals surface area contributed by atoms with Crippen LogP contribution in [0.15, 0.2) is 29.3 Å². The van der Waals surface area contributed by atoms with E-state index in [1.807, 2.05) is 24.3 Å². The van der Waals surface area contributed by atoms with Gasteiger partial charge in [-0.2, -0.15) is 0 Å². The van der Waals surface area contributed by atoms with Gasteiger partial charge in [0, 0.05) is 37.7 Å². The molecule has 5 nitrogen and oxygen atoms in total. The van der Waals surface area contributed by atoms with E-state index in [-0.39, 0.29) is 24.0 Å². The average molecular weight is 468 g/mol. The number of nitrogens with zero attached hydrogens (tertiary/aromatic N) is 2. The SMILES string of the molecule is CCNC(=NCCOc1cccc(Cl)c1)N(C)CC1CCOC1.I. The molecule has 0 aliphatic carbocycles. The molecule has 1 atom stereocenters. The summed E-state index contributed by atoms with van der Waals surface area (Å²) in [4.78, 5) is 6.79. The van der Waals surface area contributed by atoms with Crippen molar-refractivity contribution in [2.75, 3.05) is 46.5 Å². The molecule has 1 unspecified atom stereocenters. The van der Waals surface area contributed by atoms with Gasteiger partial charge in [0.15, 0.2) is 5.96 Å². The smallest absolute Gasteiger partial charge is 0.193 e. The fourth-order valence-corrected chi connectivity index (χ4v) is 2.72. The highest BCUT2D eigenvalue weighted by atomic mass is 127. The molecule has 1 saturated heterocycles. The van der Waals surface area contributed by atoms with Crippen LogP contribution >= 0.6 is 35.6 Å². The molecule has 0 amide bonds. The Labute approximate surface area is 166 Å². The Hall–Kier alpha value is -0.730. The Bertz CT molecular complexity index is 510. The Morgan fingerprint density at radius 3 is 3.00 bits per heavy atom. The van der Waals surface area contributed by atoms with Crippen LogP contribution in [-0.2, 0) is 4.74 Å². The van der Waals surface area contributed by atoms with E-state index in [0.717, 1.165) is 44.4 Å². The number of rotatable bonds is 7. The molecule has 1 fully saturated rings. The summed E-state index contributed by atoms with van der Waals surface area (Å²) >= 11 is 5.94. The van der Waals surface area contributed by atoms with Crippen molar-refractivity contribution < 1.29 is 9.47 Å². The summed E-state index contributed by atoms with van der Waals surface area (Å²) in [7, 11) is 2.07. The number of halogens is 2. The quantitative estimate of drug-likeness (QED) is 0.289. The maximum absolute atomic E-state index is 5.94. The van der Waals surface area contributed by atoms with Gasteiger partial charge in [-0.25, -0.2) is 4.99 Å². The maximum atomic E-state index is 5.94. The van der Waals surface area contributed by atoms with Crippen LogP contribution < -0.4 is 10.1 Å². The summed E-state index contributed by atoms with van der Waals surface area (Å²) in [6, 6.07) is 7.41. The minimum absolute atomic E-state index is 0. The maximum Gasteiger partial charge on any atom is 0.193 e. The zero-order valence-electron chi connectivity index (χ0n) is 14.3. The lowest BCUT2D eigenvalue weighted by atomic mass is 10.1. The van der Waals surface area contributed by atoms with Gasteiger partial charge in [0.2, 0.25) is 0 Å². The molecule has 0 aromatic heterocycles. The molecule has 0 saturated carbocycles. The fourth-order valence-electron chi connectivity index (χ4n) is 2.54. The molecule has 1 aliphatic heterocycles. The molecule has 24 heavy (non-hydrogen) atoms. The molecule has 2 rings (SSSR count). The normalized spacial score (nSPS) is 17.3. The van der Waals surface area contributed by atoms with E-state index in [9.17, 15) is 0 Å². The average Bonchev–Trinajstić information content (AvgIpc) is 3.03. The fraction of sp³-hybridized carbons (Fsp3) is 0.588. The van der Waals surface area contributed by atoms with Gasteiger partial charge in [0.05, 0.1) is 13.2 Å². The molecule has 136 valence electrons. The van der Waals surface area contributed by atoms with Gasteiger partial charge in [-0.15, -0.1) is 24.0 Å². The molecule has 1 aliphatic rings. The van der Waals surface area contributed by atoms with Crippen LogP contribution in [0.5, 0.6) is 5.75 Å². The second kappa shape index (κ2) is 11.8. The van der Waals surface area contributed by atoms with Gasteiger partial charge in [-0.3, -0.25) is 0 Å². The molecular formula is C17H27ClIN3O2. The number of aliphatic imine (C=N–C) groups is 1. The molecule has 1 aromatic carbocycles. The van der Waals surface area contributed by atoms with Crippen molar-refractivity contribution in [3.63, 3.8) is 0 Å². The molecule has 0 spiro atoms. The first-order valence-electron chi connectivity index (χ1n) is 8.14. The van der Waals surface area contributed by atoms with Crippen molar-refractivity contribution in [2.45, 2.75) is 13.3 Å². The van der Waals surface area contributed by atoms with E-state index in [2.05, 4.69) is 29.2 Å². The highest BCUT2D eigenvalue weighted by Gasteiger charge is 2.18. The van der Waals surface area contributed by atoms with Crippen molar-refractivity contribution in [2.24, 2.45) is 10.9 Å². The lowest BCUT2D eigenvalue weighted by Gasteiger charge is -2.24. The van der Waals surface area contributed by atoms with Gasteiger partial charge < -0.3 is 19.7 Å². The van der Waals surface area contributed by atoms with Crippen LogP contribution in [0, 0.1) is 5.92 Å². The summed E-state index contributed by atoms with van der Waals surface area (Å²) in [6.45, 7) is 6.72. The standard InChI is InChI=1S/C17H26ClN3O2.HI/c1-3-19-17(21(2)12-14-7-9-22-13-14)20-8-10-23-16-6-4-5-15(18)11-16;/h4-6,11,14H,3,7-10,12-13H2,1-2H3,(H,19,20);1H. The lowest BCUT2D eigenvalue weighted by molar-refractivity contribution is 0.181. The van der Waals surface area contributed by atoms with Gasteiger partial charge in [-0.05, 0) is 31.5 Å². The topological polar surface area (TPSA) is 46.1 Å². The zero-order chi connectivity index (χ0) is 16.5. The third-order valence-corrected chi connectivity index (χ3v) is 3.91. The van der Waals surface area contributed by atoms with Crippen molar-refractivity contribution >= 4 is 41.5 Å². The first-order valence-corrected chi connectivity index (χ1v) is 8.52. The van der Waals surface area contributed by atoms with Gasteiger partial charge in [0.1, 0.15) is 12.4 Å². The Balaban J connectivity index is 0.00000288. The van der Waals surface area contributed by atoms with E-state index in [0.29, 0.717) is 24.1 Å². The highest BCUT2D eigenvalue weighted by Crippen LogP contribution is 2.17. The summed E-state index contributed by atoms with van der Waals surface area (Å²) < 4.78 is 11.1. The lowest BCUT2D eigenvalue weighted by Crippen LogP contribution is -2.41. The zero-order valence-corrected chi connectivity index (χ0v) is 17.4. The van der Waals surface area contributed by atoms with E-state index < -0.39 is 0 Å². The van der Waals surface area contributed by atoms with Crippen LogP contribution in [0.25, 0.3) is 0 Å². The molecule has 1 heterocycles. The number of hydrogen-bond donors (Lipinski definition) is 1. The number of ether oxygens (including phenoxy) is 2. The summed E-state index contributed by atoms with van der Waals surface area (Å²) in [5, 5.41) is 4.00. The Kier molecular flexibility index (Phi) is 10.4. The number of benzene rings is 1. The predicted octanol–water partition coefficient (Wildman–Crippen LogP) is 3.27. The third kappa shape index (κ3) is 7.44. The number of guanidine groups is 1. The first-order chi connectivity index (χ1) is 11.2. The number of hydrogen-bond acceptors (Lipinski definition) is 3. The molecule has 0 radical (unpaired) electrons. The van der Waals surface area contributed by atoms with Gasteiger partial charge in [0.25, 0.3) is 0 Å². The van der Waals surface area contributed by atoms with Gasteiger partial charge in [-0.1, -0.05) is 17.7 Å². The molecular weight excluding hydrogens is 441 g/mol. The monoisotopic (exact) mass is 467 g/mol. The minimum Gasteiger partial charge on any atom is -0.492 e. The van der Waals surface area contributed by atoms with Crippen molar-refractivity contribution in [3.8, 4) is 5.75 Å². The van der Waals surface area contributed by atoms with E-state index in [1.165, 1.54) is 0 Å². The molecule has 0 bridgehead atoms. The van der Waals surface area contributed by atoms with E-state index in [1.54, 1.807) is 0 Å². The van der Waals surface area contributed by atoms with Crippen LogP contribution in [0.1, 0.15) is 13.3 Å². The predicted molar refractivity (Wildman–Crippen MR) is 110 cm³/mol. The second-order valence-electron chi connectivity index (χ2n) is 5.65. The van der Waals surface area contributed by atoms with Crippen molar-refractivity contribution in [1.29, 1.82) is 0 Å². The van der Waals surface area contributed by atoms with Crippen LogP contribution in [0.2, 0.25) is 5.02 Å².